The van der Waals surface area contributed by atoms with E-state index in [0.717, 1.165) is 55.2 Å². The minimum absolute atomic E-state index is 0.0962. The van der Waals surface area contributed by atoms with Crippen molar-refractivity contribution in [3.8, 4) is 11.1 Å². The van der Waals surface area contributed by atoms with Gasteiger partial charge in [-0.3, -0.25) is 14.7 Å². The van der Waals surface area contributed by atoms with Gasteiger partial charge in [0.2, 0.25) is 5.91 Å². The van der Waals surface area contributed by atoms with E-state index in [1.54, 1.807) is 6.20 Å². The Kier molecular flexibility index (Phi) is 7.45. The smallest absolute Gasteiger partial charge is 0.227 e. The fourth-order valence-electron chi connectivity index (χ4n) is 4.49. The third-order valence-electron chi connectivity index (χ3n) is 6.31. The molecule has 0 unspecified atom stereocenters. The molecule has 3 heterocycles. The van der Waals surface area contributed by atoms with Crippen LogP contribution in [0, 0.1) is 5.92 Å². The van der Waals surface area contributed by atoms with Gasteiger partial charge in [-0.15, -0.1) is 0 Å². The molecule has 1 amide bonds. The molecular formula is C27H33N5O. The molecule has 6 nitrogen and oxygen atoms in total. The maximum atomic E-state index is 13.4. The lowest BCUT2D eigenvalue weighted by Gasteiger charge is -2.24. The molecule has 4 rings (SSSR count). The zero-order valence-electron chi connectivity index (χ0n) is 19.8. The van der Waals surface area contributed by atoms with Gasteiger partial charge < -0.3 is 4.90 Å². The van der Waals surface area contributed by atoms with Crippen molar-refractivity contribution in [1.29, 1.82) is 0 Å². The number of nitrogens with zero attached hydrogens (tertiary/aromatic N) is 5. The Balaban J connectivity index is 1.55. The molecule has 33 heavy (non-hydrogen) atoms. The van der Waals surface area contributed by atoms with E-state index in [0.29, 0.717) is 12.3 Å². The molecular weight excluding hydrogens is 410 g/mol. The molecule has 1 fully saturated rings. The van der Waals surface area contributed by atoms with Crippen LogP contribution in [0.5, 0.6) is 0 Å². The van der Waals surface area contributed by atoms with Gasteiger partial charge in [0.25, 0.3) is 0 Å². The lowest BCUT2D eigenvalue weighted by Crippen LogP contribution is -2.37. The number of hydrogen-bond acceptors (Lipinski definition) is 5. The molecule has 1 aromatic carbocycles. The SMILES string of the molecule is CCN1CCN(Cc2cnc(C(C)C)nc2)C[C@H](Cc2ccccc2-c2cccnc2)C1=O. The highest BCUT2D eigenvalue weighted by Gasteiger charge is 2.30. The summed E-state index contributed by atoms with van der Waals surface area (Å²) < 4.78 is 0. The van der Waals surface area contributed by atoms with Crippen molar-refractivity contribution in [3.05, 3.63) is 78.1 Å². The molecule has 6 heteroatoms. The van der Waals surface area contributed by atoms with Gasteiger partial charge in [0, 0.05) is 74.6 Å². The Morgan fingerprint density at radius 3 is 2.52 bits per heavy atom. The van der Waals surface area contributed by atoms with E-state index in [1.165, 1.54) is 5.56 Å². The predicted molar refractivity (Wildman–Crippen MR) is 131 cm³/mol. The molecule has 1 saturated heterocycles. The number of amides is 1. The average molecular weight is 444 g/mol. The normalized spacial score (nSPS) is 17.4. The topological polar surface area (TPSA) is 62.2 Å². The summed E-state index contributed by atoms with van der Waals surface area (Å²) >= 11 is 0. The molecule has 1 aliphatic heterocycles. The van der Waals surface area contributed by atoms with Crippen LogP contribution in [-0.4, -0.2) is 56.8 Å². The lowest BCUT2D eigenvalue weighted by atomic mass is 9.91. The number of carbonyl (C=O) groups is 1. The predicted octanol–water partition coefficient (Wildman–Crippen LogP) is 4.19. The zero-order chi connectivity index (χ0) is 23.2. The highest BCUT2D eigenvalue weighted by atomic mass is 16.2. The highest BCUT2D eigenvalue weighted by Crippen LogP contribution is 2.27. The molecule has 0 aliphatic carbocycles. The second-order valence-corrected chi connectivity index (χ2v) is 9.06. The molecule has 0 N–H and O–H groups in total. The summed E-state index contributed by atoms with van der Waals surface area (Å²) in [6.45, 7) is 10.1. The monoisotopic (exact) mass is 443 g/mol. The Bertz CT molecular complexity index is 1050. The van der Waals surface area contributed by atoms with Crippen LogP contribution in [-0.2, 0) is 17.8 Å². The molecule has 0 saturated carbocycles. The number of benzene rings is 1. The lowest BCUT2D eigenvalue weighted by molar-refractivity contribution is -0.134. The largest absolute Gasteiger partial charge is 0.341 e. The number of rotatable bonds is 7. The van der Waals surface area contributed by atoms with Crippen LogP contribution >= 0.6 is 0 Å². The summed E-state index contributed by atoms with van der Waals surface area (Å²) in [5.41, 5.74) is 4.51. The quantitative estimate of drug-likeness (QED) is 0.548. The van der Waals surface area contributed by atoms with E-state index < -0.39 is 0 Å². The number of pyridine rings is 1. The summed E-state index contributed by atoms with van der Waals surface area (Å²) in [6, 6.07) is 12.4. The minimum atomic E-state index is -0.0962. The second-order valence-electron chi connectivity index (χ2n) is 9.06. The zero-order valence-corrected chi connectivity index (χ0v) is 19.8. The Morgan fingerprint density at radius 2 is 1.82 bits per heavy atom. The van der Waals surface area contributed by atoms with Crippen LogP contribution in [0.3, 0.4) is 0 Å². The van der Waals surface area contributed by atoms with Crippen molar-refractivity contribution in [2.24, 2.45) is 5.92 Å². The Hall–Kier alpha value is -3.12. The van der Waals surface area contributed by atoms with E-state index in [1.807, 2.05) is 35.6 Å². The second kappa shape index (κ2) is 10.7. The van der Waals surface area contributed by atoms with Crippen molar-refractivity contribution < 1.29 is 4.79 Å². The summed E-state index contributed by atoms with van der Waals surface area (Å²) in [6.07, 6.45) is 8.24. The van der Waals surface area contributed by atoms with Crippen molar-refractivity contribution in [2.45, 2.75) is 39.7 Å². The molecule has 1 aliphatic rings. The van der Waals surface area contributed by atoms with Gasteiger partial charge in [-0.1, -0.05) is 44.2 Å². The summed E-state index contributed by atoms with van der Waals surface area (Å²) in [5, 5.41) is 0. The van der Waals surface area contributed by atoms with Crippen molar-refractivity contribution in [3.63, 3.8) is 0 Å². The average Bonchev–Trinajstić information content (AvgIpc) is 2.98. The van der Waals surface area contributed by atoms with E-state index in [4.69, 9.17) is 0 Å². The van der Waals surface area contributed by atoms with Crippen LogP contribution in [0.25, 0.3) is 11.1 Å². The number of carbonyl (C=O) groups excluding carboxylic acids is 1. The number of hydrogen-bond donors (Lipinski definition) is 0. The van der Waals surface area contributed by atoms with E-state index in [9.17, 15) is 4.79 Å². The first kappa shape index (κ1) is 23.1. The fraction of sp³-hybridized carbons (Fsp3) is 0.407. The van der Waals surface area contributed by atoms with Crippen LogP contribution in [0.4, 0.5) is 0 Å². The number of aromatic nitrogens is 3. The third-order valence-corrected chi connectivity index (χ3v) is 6.31. The highest BCUT2D eigenvalue weighted by molar-refractivity contribution is 5.80. The van der Waals surface area contributed by atoms with Gasteiger partial charge >= 0.3 is 0 Å². The first-order valence-electron chi connectivity index (χ1n) is 11.9. The van der Waals surface area contributed by atoms with Crippen LogP contribution < -0.4 is 0 Å². The van der Waals surface area contributed by atoms with Crippen molar-refractivity contribution in [1.82, 2.24) is 24.8 Å². The molecule has 0 bridgehead atoms. The first-order valence-corrected chi connectivity index (χ1v) is 11.9. The van der Waals surface area contributed by atoms with Gasteiger partial charge in [-0.2, -0.15) is 0 Å². The molecule has 0 spiro atoms. The van der Waals surface area contributed by atoms with Crippen LogP contribution in [0.1, 0.15) is 43.6 Å². The minimum Gasteiger partial charge on any atom is -0.341 e. The van der Waals surface area contributed by atoms with Gasteiger partial charge in [0.15, 0.2) is 0 Å². The number of likely N-dealkylation sites (N-methyl/N-ethyl adjacent to an activating group) is 1. The molecule has 172 valence electrons. The maximum Gasteiger partial charge on any atom is 0.227 e. The maximum absolute atomic E-state index is 13.4. The van der Waals surface area contributed by atoms with Gasteiger partial charge in [-0.05, 0) is 30.5 Å². The van der Waals surface area contributed by atoms with Crippen molar-refractivity contribution >= 4 is 5.91 Å². The Morgan fingerprint density at radius 1 is 1.03 bits per heavy atom. The van der Waals surface area contributed by atoms with Gasteiger partial charge in [0.05, 0.1) is 5.92 Å². The molecule has 0 radical (unpaired) electrons. The van der Waals surface area contributed by atoms with Crippen molar-refractivity contribution in [2.75, 3.05) is 26.2 Å². The first-order chi connectivity index (χ1) is 16.0. The van der Waals surface area contributed by atoms with Crippen LogP contribution in [0.2, 0.25) is 0 Å². The Labute approximate surface area is 196 Å². The standard InChI is InChI=1S/C27H33N5O/c1-4-32-13-12-31(18-21-15-29-26(20(2)3)30-16-21)19-24(27(32)33)14-22-8-5-6-10-25(22)23-9-7-11-28-17-23/h5-11,15-17,20,24H,4,12-14,18-19H2,1-3H3/t24-/m0/s1. The van der Waals surface area contributed by atoms with Gasteiger partial charge in [-0.25, -0.2) is 9.97 Å². The molecule has 2 aromatic heterocycles. The van der Waals surface area contributed by atoms with E-state index in [-0.39, 0.29) is 11.8 Å². The summed E-state index contributed by atoms with van der Waals surface area (Å²) in [4.78, 5) is 31.1. The van der Waals surface area contributed by atoms with Gasteiger partial charge in [0.1, 0.15) is 5.82 Å². The third kappa shape index (κ3) is 5.63. The molecule has 1 atom stereocenters. The van der Waals surface area contributed by atoms with Crippen LogP contribution in [0.15, 0.2) is 61.2 Å². The fourth-order valence-corrected chi connectivity index (χ4v) is 4.49. The summed E-state index contributed by atoms with van der Waals surface area (Å²) in [5.74, 6) is 1.33. The van der Waals surface area contributed by atoms with E-state index in [2.05, 4.69) is 64.9 Å². The van der Waals surface area contributed by atoms with E-state index >= 15 is 0 Å². The molecule has 3 aromatic rings. The summed E-state index contributed by atoms with van der Waals surface area (Å²) in [7, 11) is 0.